The number of nitrogens with one attached hydrogen (secondary N) is 2. The van der Waals surface area contributed by atoms with Crippen LogP contribution >= 0.6 is 0 Å². The summed E-state index contributed by atoms with van der Waals surface area (Å²) in [6.45, 7) is 5.04. The van der Waals surface area contributed by atoms with Gasteiger partial charge in [-0.3, -0.25) is 9.69 Å². The molecule has 3 aromatic carbocycles. The second-order valence-corrected chi connectivity index (χ2v) is 11.2. The van der Waals surface area contributed by atoms with E-state index in [9.17, 15) is 24.6 Å². The number of nitrogens with zero attached hydrogens (tertiary/aromatic N) is 2. The van der Waals surface area contributed by atoms with Crippen LogP contribution in [0.3, 0.4) is 0 Å². The minimum absolute atomic E-state index is 0.115. The Kier molecular flexibility index (Phi) is 9.21. The van der Waals surface area contributed by atoms with Gasteiger partial charge in [0.15, 0.2) is 17.2 Å². The molecule has 44 heavy (non-hydrogen) atoms. The molecule has 0 bridgehead atoms. The van der Waals surface area contributed by atoms with Crippen LogP contribution in [0.25, 0.3) is 0 Å². The maximum absolute atomic E-state index is 13.7. The zero-order valence-corrected chi connectivity index (χ0v) is 24.8. The summed E-state index contributed by atoms with van der Waals surface area (Å²) >= 11 is 0. The minimum atomic E-state index is -0.981. The number of amides is 3. The average molecular weight is 605 g/mol. The first kappa shape index (κ1) is 30.6. The third-order valence-electron chi connectivity index (χ3n) is 7.71. The summed E-state index contributed by atoms with van der Waals surface area (Å²) in [5.41, 5.74) is 2.24. The van der Waals surface area contributed by atoms with Crippen LogP contribution in [-0.4, -0.2) is 83.6 Å². The first-order valence-corrected chi connectivity index (χ1v) is 14.3. The summed E-state index contributed by atoms with van der Waals surface area (Å²) in [5, 5.41) is 24.8. The zero-order valence-electron chi connectivity index (χ0n) is 24.8. The Morgan fingerprint density at radius 1 is 1.07 bits per heavy atom. The molecule has 12 heteroatoms. The van der Waals surface area contributed by atoms with E-state index in [-0.39, 0.29) is 42.1 Å². The first-order chi connectivity index (χ1) is 21.1. The standard InChI is InChI=1S/C32H36N4O8/c1-19-14-36(20(2)17-37)30(38)24-5-4-6-25(34-32(41)33-23-11-12-26-27(13-23)43-18-42-26)29(24)44-28(19)16-35(3)15-21-7-9-22(10-8-21)31(39)40/h4-13,19-20,28,37H,14-18H2,1-3H3,(H,39,40)(H2,33,34,41)/t19-,20-,28+/m0/s1. The fourth-order valence-corrected chi connectivity index (χ4v) is 5.25. The van der Waals surface area contributed by atoms with Crippen molar-refractivity contribution >= 4 is 29.3 Å². The molecular weight excluding hydrogens is 568 g/mol. The molecule has 0 unspecified atom stereocenters. The Labute approximate surface area is 255 Å². The third kappa shape index (κ3) is 6.87. The Bertz CT molecular complexity index is 1530. The number of ether oxygens (including phenoxy) is 3. The molecular formula is C32H36N4O8. The number of aromatic carboxylic acids is 1. The molecule has 0 aromatic heterocycles. The zero-order chi connectivity index (χ0) is 31.4. The number of hydrogen-bond donors (Lipinski definition) is 4. The van der Waals surface area contributed by atoms with Gasteiger partial charge in [-0.05, 0) is 55.9 Å². The van der Waals surface area contributed by atoms with Gasteiger partial charge in [0.25, 0.3) is 5.91 Å². The van der Waals surface area contributed by atoms with Crippen molar-refractivity contribution in [3.63, 3.8) is 0 Å². The van der Waals surface area contributed by atoms with Gasteiger partial charge in [0.1, 0.15) is 6.10 Å². The summed E-state index contributed by atoms with van der Waals surface area (Å²) in [7, 11) is 1.93. The van der Waals surface area contributed by atoms with Gasteiger partial charge in [-0.25, -0.2) is 9.59 Å². The second kappa shape index (κ2) is 13.2. The van der Waals surface area contributed by atoms with Crippen LogP contribution in [0.5, 0.6) is 17.2 Å². The molecule has 5 rings (SSSR count). The van der Waals surface area contributed by atoms with Crippen LogP contribution in [0.4, 0.5) is 16.2 Å². The van der Waals surface area contributed by atoms with Crippen molar-refractivity contribution < 1.29 is 38.8 Å². The van der Waals surface area contributed by atoms with E-state index in [0.29, 0.717) is 42.5 Å². The molecule has 3 amide bonds. The molecule has 232 valence electrons. The lowest BCUT2D eigenvalue weighted by atomic mass is 9.98. The van der Waals surface area contributed by atoms with Crippen LogP contribution in [-0.2, 0) is 6.54 Å². The van der Waals surface area contributed by atoms with E-state index in [0.717, 1.165) is 5.56 Å². The number of rotatable bonds is 9. The molecule has 0 saturated heterocycles. The molecule has 2 aliphatic rings. The number of likely N-dealkylation sites (N-methyl/N-ethyl adjacent to an activating group) is 1. The largest absolute Gasteiger partial charge is 0.486 e. The topological polar surface area (TPSA) is 150 Å². The van der Waals surface area contributed by atoms with Gasteiger partial charge in [-0.15, -0.1) is 0 Å². The third-order valence-corrected chi connectivity index (χ3v) is 7.71. The van der Waals surface area contributed by atoms with Crippen LogP contribution in [0.15, 0.2) is 60.7 Å². The SMILES string of the molecule is C[C@H]1CN([C@@H](C)CO)C(=O)c2cccc(NC(=O)Nc3ccc4c(c3)OCO4)c2O[C@@H]1CN(C)Cc1ccc(C(=O)O)cc1. The van der Waals surface area contributed by atoms with E-state index in [1.54, 1.807) is 72.5 Å². The fraction of sp³-hybridized carbons (Fsp3) is 0.344. The average Bonchev–Trinajstić information content (AvgIpc) is 3.47. The van der Waals surface area contributed by atoms with Crippen LogP contribution in [0.2, 0.25) is 0 Å². The van der Waals surface area contributed by atoms with Crippen molar-refractivity contribution in [2.45, 2.75) is 32.5 Å². The lowest BCUT2D eigenvalue weighted by molar-refractivity contribution is 0.0343. The number of carboxylic acids is 1. The van der Waals surface area contributed by atoms with Gasteiger partial charge in [0, 0.05) is 37.3 Å². The second-order valence-electron chi connectivity index (χ2n) is 11.2. The van der Waals surface area contributed by atoms with E-state index < -0.39 is 24.1 Å². The van der Waals surface area contributed by atoms with Crippen molar-refractivity contribution in [1.82, 2.24) is 9.80 Å². The van der Waals surface area contributed by atoms with Crippen molar-refractivity contribution in [2.75, 3.05) is 44.2 Å². The molecule has 3 aromatic rings. The van der Waals surface area contributed by atoms with Crippen LogP contribution < -0.4 is 24.8 Å². The predicted molar refractivity (Wildman–Crippen MR) is 163 cm³/mol. The van der Waals surface area contributed by atoms with Gasteiger partial charge < -0.3 is 40.0 Å². The van der Waals surface area contributed by atoms with Crippen molar-refractivity contribution in [3.8, 4) is 17.2 Å². The molecule has 0 aliphatic carbocycles. The molecule has 2 heterocycles. The molecule has 12 nitrogen and oxygen atoms in total. The normalized spacial score (nSPS) is 18.1. The Balaban J connectivity index is 1.39. The van der Waals surface area contributed by atoms with E-state index >= 15 is 0 Å². The van der Waals surface area contributed by atoms with Gasteiger partial charge in [-0.2, -0.15) is 0 Å². The van der Waals surface area contributed by atoms with Gasteiger partial charge >= 0.3 is 12.0 Å². The highest BCUT2D eigenvalue weighted by molar-refractivity contribution is 6.04. The van der Waals surface area contributed by atoms with Crippen molar-refractivity contribution in [1.29, 1.82) is 0 Å². The molecule has 0 fully saturated rings. The molecule has 0 spiro atoms. The predicted octanol–water partition coefficient (Wildman–Crippen LogP) is 4.11. The number of fused-ring (bicyclic) bond motifs is 2. The minimum Gasteiger partial charge on any atom is -0.486 e. The quantitative estimate of drug-likeness (QED) is 0.283. The maximum Gasteiger partial charge on any atom is 0.335 e. The van der Waals surface area contributed by atoms with Gasteiger partial charge in [0.05, 0.1) is 29.5 Å². The maximum atomic E-state index is 13.7. The number of carbonyl (C=O) groups is 3. The van der Waals surface area contributed by atoms with E-state index in [2.05, 4.69) is 15.5 Å². The molecule has 0 radical (unpaired) electrons. The van der Waals surface area contributed by atoms with Crippen molar-refractivity contribution in [3.05, 3.63) is 77.4 Å². The van der Waals surface area contributed by atoms with Crippen molar-refractivity contribution in [2.24, 2.45) is 5.92 Å². The smallest absolute Gasteiger partial charge is 0.335 e. The number of hydrogen-bond acceptors (Lipinski definition) is 8. The highest BCUT2D eigenvalue weighted by atomic mass is 16.7. The summed E-state index contributed by atoms with van der Waals surface area (Å²) in [4.78, 5) is 41.8. The lowest BCUT2D eigenvalue weighted by Gasteiger charge is -2.38. The van der Waals surface area contributed by atoms with Crippen LogP contribution in [0.1, 0.15) is 40.1 Å². The Morgan fingerprint density at radius 2 is 1.82 bits per heavy atom. The highest BCUT2D eigenvalue weighted by Crippen LogP contribution is 2.36. The highest BCUT2D eigenvalue weighted by Gasteiger charge is 2.34. The monoisotopic (exact) mass is 604 g/mol. The molecule has 0 saturated carbocycles. The number of para-hydroxylation sites is 1. The number of aliphatic hydroxyl groups excluding tert-OH is 1. The number of benzene rings is 3. The Morgan fingerprint density at radius 3 is 2.55 bits per heavy atom. The molecule has 2 aliphatic heterocycles. The van der Waals surface area contributed by atoms with Gasteiger partial charge in [0.2, 0.25) is 6.79 Å². The molecule has 4 N–H and O–H groups in total. The summed E-state index contributed by atoms with van der Waals surface area (Å²) in [5.74, 6) is -0.0726. The van der Waals surface area contributed by atoms with Crippen LogP contribution in [0, 0.1) is 5.92 Å². The lowest BCUT2D eigenvalue weighted by Crippen LogP contribution is -2.49. The number of urea groups is 1. The van der Waals surface area contributed by atoms with E-state index in [1.165, 1.54) is 0 Å². The summed E-state index contributed by atoms with van der Waals surface area (Å²) in [6, 6.07) is 15.8. The van der Waals surface area contributed by atoms with Gasteiger partial charge in [-0.1, -0.05) is 25.1 Å². The Hall–Kier alpha value is -4.81. The summed E-state index contributed by atoms with van der Waals surface area (Å²) in [6.07, 6.45) is -0.404. The number of anilines is 2. The number of carboxylic acid groups (broad SMARTS) is 1. The van der Waals surface area contributed by atoms with E-state index in [4.69, 9.17) is 14.2 Å². The summed E-state index contributed by atoms with van der Waals surface area (Å²) < 4.78 is 17.3. The first-order valence-electron chi connectivity index (χ1n) is 14.3. The van der Waals surface area contributed by atoms with E-state index in [1.807, 2.05) is 14.0 Å². The number of carbonyl (C=O) groups excluding carboxylic acids is 2. The fourth-order valence-electron chi connectivity index (χ4n) is 5.25. The molecule has 3 atom stereocenters. The number of aliphatic hydroxyl groups is 1.